The number of benzene rings is 1. The Balaban J connectivity index is 2.72. The van der Waals surface area contributed by atoms with Crippen LogP contribution in [0.5, 0.6) is 0 Å². The summed E-state index contributed by atoms with van der Waals surface area (Å²) >= 11 is 0. The van der Waals surface area contributed by atoms with E-state index in [0.717, 1.165) is 19.3 Å². The fraction of sp³-hybridized carbons (Fsp3) is 0.500. The van der Waals surface area contributed by atoms with Crippen molar-refractivity contribution >= 4 is 5.78 Å². The fourth-order valence-electron chi connectivity index (χ4n) is 1.91. The summed E-state index contributed by atoms with van der Waals surface area (Å²) in [5.74, 6) is -0.250. The highest BCUT2D eigenvalue weighted by Crippen LogP contribution is 2.18. The first kappa shape index (κ1) is 13.8. The molecule has 0 saturated carbocycles. The maximum Gasteiger partial charge on any atom is 0.165 e. The minimum absolute atomic E-state index is 0.0228. The third-order valence-corrected chi connectivity index (χ3v) is 2.92. The molecule has 2 N–H and O–H groups in total. The second-order valence-corrected chi connectivity index (χ2v) is 4.29. The van der Waals surface area contributed by atoms with Crippen molar-refractivity contribution in [3.05, 3.63) is 35.6 Å². The Labute approximate surface area is 102 Å². The van der Waals surface area contributed by atoms with Crippen LogP contribution in [0.15, 0.2) is 24.3 Å². The van der Waals surface area contributed by atoms with E-state index < -0.39 is 0 Å². The molecule has 0 aliphatic heterocycles. The molecule has 94 valence electrons. The zero-order valence-corrected chi connectivity index (χ0v) is 10.3. The molecule has 0 radical (unpaired) electrons. The highest BCUT2D eigenvalue weighted by Gasteiger charge is 2.18. The van der Waals surface area contributed by atoms with Crippen LogP contribution < -0.4 is 5.73 Å². The molecule has 2 nitrogen and oxygen atoms in total. The summed E-state index contributed by atoms with van der Waals surface area (Å²) in [5.41, 5.74) is 6.11. The molecule has 1 atom stereocenters. The molecule has 0 aliphatic rings. The van der Waals surface area contributed by atoms with Gasteiger partial charge in [-0.1, -0.05) is 19.8 Å². The number of carbonyl (C=O) groups is 1. The van der Waals surface area contributed by atoms with Crippen molar-refractivity contribution in [2.75, 3.05) is 6.54 Å². The van der Waals surface area contributed by atoms with Crippen LogP contribution in [0.1, 0.15) is 43.0 Å². The quantitative estimate of drug-likeness (QED) is 0.740. The fourth-order valence-corrected chi connectivity index (χ4v) is 1.91. The molecule has 0 heterocycles. The zero-order chi connectivity index (χ0) is 12.7. The van der Waals surface area contributed by atoms with E-state index >= 15 is 0 Å². The Kier molecular flexibility index (Phi) is 5.84. The van der Waals surface area contributed by atoms with E-state index in [0.29, 0.717) is 18.5 Å². The van der Waals surface area contributed by atoms with E-state index in [4.69, 9.17) is 5.73 Å². The van der Waals surface area contributed by atoms with Gasteiger partial charge in [0, 0.05) is 11.5 Å². The number of halogens is 1. The minimum atomic E-state index is -0.314. The lowest BCUT2D eigenvalue weighted by Gasteiger charge is -2.14. The highest BCUT2D eigenvalue weighted by atomic mass is 19.1. The van der Waals surface area contributed by atoms with Gasteiger partial charge in [-0.2, -0.15) is 0 Å². The molecule has 3 heteroatoms. The molecule has 0 amide bonds. The number of ketones is 1. The highest BCUT2D eigenvalue weighted by molar-refractivity contribution is 5.97. The van der Waals surface area contributed by atoms with Crippen LogP contribution in [0.2, 0.25) is 0 Å². The first-order chi connectivity index (χ1) is 8.19. The van der Waals surface area contributed by atoms with Crippen LogP contribution >= 0.6 is 0 Å². The number of nitrogens with two attached hydrogens (primary N) is 1. The van der Waals surface area contributed by atoms with E-state index in [1.807, 2.05) is 0 Å². The van der Waals surface area contributed by atoms with Crippen LogP contribution in [-0.4, -0.2) is 12.3 Å². The molecular weight excluding hydrogens is 217 g/mol. The van der Waals surface area contributed by atoms with Crippen molar-refractivity contribution < 1.29 is 9.18 Å². The van der Waals surface area contributed by atoms with Gasteiger partial charge in [0.2, 0.25) is 0 Å². The van der Waals surface area contributed by atoms with Crippen molar-refractivity contribution in [3.63, 3.8) is 0 Å². The summed E-state index contributed by atoms with van der Waals surface area (Å²) in [6.45, 7) is 2.61. The molecule has 1 aromatic carbocycles. The van der Waals surface area contributed by atoms with Gasteiger partial charge in [-0.05, 0) is 43.7 Å². The average molecular weight is 237 g/mol. The molecule has 0 aliphatic carbocycles. The summed E-state index contributed by atoms with van der Waals surface area (Å²) in [6, 6.07) is 5.75. The summed E-state index contributed by atoms with van der Waals surface area (Å²) < 4.78 is 12.8. The first-order valence-corrected chi connectivity index (χ1v) is 6.19. The van der Waals surface area contributed by atoms with Crippen LogP contribution in [0.3, 0.4) is 0 Å². The number of unbranched alkanes of at least 4 members (excludes halogenated alkanes) is 1. The number of hydrogen-bond acceptors (Lipinski definition) is 2. The number of carbonyl (C=O) groups excluding carboxylic acids is 1. The lowest BCUT2D eigenvalue weighted by Crippen LogP contribution is -2.18. The minimum Gasteiger partial charge on any atom is -0.330 e. The standard InChI is InChI=1S/C14H20FNO/c1-2-3-4-11(9-10-16)14(17)12-5-7-13(15)8-6-12/h5-8,11H,2-4,9-10,16H2,1H3. The van der Waals surface area contributed by atoms with E-state index in [1.54, 1.807) is 12.1 Å². The molecule has 0 bridgehead atoms. The normalized spacial score (nSPS) is 12.4. The van der Waals surface area contributed by atoms with Crippen molar-refractivity contribution in [2.24, 2.45) is 11.7 Å². The molecule has 0 aromatic heterocycles. The molecule has 1 aromatic rings. The average Bonchev–Trinajstić information content (AvgIpc) is 2.34. The summed E-state index contributed by atoms with van der Waals surface area (Å²) in [6.07, 6.45) is 3.66. The molecule has 17 heavy (non-hydrogen) atoms. The zero-order valence-electron chi connectivity index (χ0n) is 10.3. The Morgan fingerprint density at radius 1 is 1.29 bits per heavy atom. The maximum atomic E-state index is 12.8. The van der Waals surface area contributed by atoms with Crippen molar-refractivity contribution in [1.29, 1.82) is 0 Å². The van der Waals surface area contributed by atoms with E-state index in [2.05, 4.69) is 6.92 Å². The lowest BCUT2D eigenvalue weighted by atomic mass is 9.90. The van der Waals surface area contributed by atoms with Crippen LogP contribution in [0.4, 0.5) is 4.39 Å². The van der Waals surface area contributed by atoms with E-state index in [-0.39, 0.29) is 17.5 Å². The van der Waals surface area contributed by atoms with Crippen molar-refractivity contribution in [2.45, 2.75) is 32.6 Å². The van der Waals surface area contributed by atoms with Crippen molar-refractivity contribution in [1.82, 2.24) is 0 Å². The summed E-state index contributed by atoms with van der Waals surface area (Å²) in [7, 11) is 0. The predicted octanol–water partition coefficient (Wildman–Crippen LogP) is 3.16. The molecular formula is C14H20FNO. The van der Waals surface area contributed by atoms with Gasteiger partial charge < -0.3 is 5.73 Å². The monoisotopic (exact) mass is 237 g/mol. The predicted molar refractivity (Wildman–Crippen MR) is 67.4 cm³/mol. The Morgan fingerprint density at radius 2 is 1.94 bits per heavy atom. The second kappa shape index (κ2) is 7.17. The Hall–Kier alpha value is -1.22. The lowest BCUT2D eigenvalue weighted by molar-refractivity contribution is 0.0906. The van der Waals surface area contributed by atoms with Gasteiger partial charge in [-0.25, -0.2) is 4.39 Å². The third kappa shape index (κ3) is 4.27. The maximum absolute atomic E-state index is 12.8. The van der Waals surface area contributed by atoms with Gasteiger partial charge in [0.1, 0.15) is 5.82 Å². The van der Waals surface area contributed by atoms with Gasteiger partial charge in [0.15, 0.2) is 5.78 Å². The van der Waals surface area contributed by atoms with Gasteiger partial charge in [-0.15, -0.1) is 0 Å². The van der Waals surface area contributed by atoms with Gasteiger partial charge in [0.25, 0.3) is 0 Å². The second-order valence-electron chi connectivity index (χ2n) is 4.29. The van der Waals surface area contributed by atoms with Crippen LogP contribution in [0, 0.1) is 11.7 Å². The molecule has 0 fully saturated rings. The van der Waals surface area contributed by atoms with Crippen LogP contribution in [-0.2, 0) is 0 Å². The topological polar surface area (TPSA) is 43.1 Å². The third-order valence-electron chi connectivity index (χ3n) is 2.92. The molecule has 1 unspecified atom stereocenters. The number of rotatable bonds is 7. The summed E-state index contributed by atoms with van der Waals surface area (Å²) in [5, 5.41) is 0. The summed E-state index contributed by atoms with van der Waals surface area (Å²) in [4.78, 5) is 12.2. The number of Topliss-reactive ketones (excluding diaryl/α,β-unsaturated/α-hetero) is 1. The smallest absolute Gasteiger partial charge is 0.165 e. The first-order valence-electron chi connectivity index (χ1n) is 6.19. The molecule has 0 spiro atoms. The molecule has 1 rings (SSSR count). The van der Waals surface area contributed by atoms with E-state index in [1.165, 1.54) is 12.1 Å². The largest absolute Gasteiger partial charge is 0.330 e. The van der Waals surface area contributed by atoms with Gasteiger partial charge >= 0.3 is 0 Å². The Morgan fingerprint density at radius 3 is 2.47 bits per heavy atom. The molecule has 0 saturated heterocycles. The SMILES string of the molecule is CCCCC(CCN)C(=O)c1ccc(F)cc1. The number of hydrogen-bond donors (Lipinski definition) is 1. The van der Waals surface area contributed by atoms with Gasteiger partial charge in [0.05, 0.1) is 0 Å². The van der Waals surface area contributed by atoms with E-state index in [9.17, 15) is 9.18 Å². The van der Waals surface area contributed by atoms with Crippen molar-refractivity contribution in [3.8, 4) is 0 Å². The van der Waals surface area contributed by atoms with Crippen LogP contribution in [0.25, 0.3) is 0 Å². The van der Waals surface area contributed by atoms with Gasteiger partial charge in [-0.3, -0.25) is 4.79 Å². The Bertz CT molecular complexity index is 348.